The van der Waals surface area contributed by atoms with Crippen molar-refractivity contribution in [3.05, 3.63) is 247 Å². The van der Waals surface area contributed by atoms with Crippen LogP contribution in [0.5, 0.6) is 0 Å². The van der Waals surface area contributed by atoms with Crippen LogP contribution in [0.1, 0.15) is 47.4 Å². The van der Waals surface area contributed by atoms with E-state index in [0.29, 0.717) is 57.1 Å². The molecule has 500 valence electrons. The highest BCUT2D eigenvalue weighted by molar-refractivity contribution is 9.11. The summed E-state index contributed by atoms with van der Waals surface area (Å²) in [7, 11) is 8.67. The highest BCUT2D eigenvalue weighted by atomic mass is 79.9. The lowest BCUT2D eigenvalue weighted by Gasteiger charge is -2.06. The number of carboxylic acid groups (broad SMARTS) is 1. The number of methoxy groups -OCH3 is 4. The molecular weight excluding hydrogens is 1690 g/mol. The van der Waals surface area contributed by atoms with Gasteiger partial charge in [-0.2, -0.15) is 0 Å². The molecule has 0 spiro atoms. The molecule has 0 bridgehead atoms. The molecule has 0 saturated heterocycles. The number of azide groups is 2. The summed E-state index contributed by atoms with van der Waals surface area (Å²) in [4.78, 5) is 76.4. The number of aromatic nitrogens is 3. The number of thiol groups is 1. The van der Waals surface area contributed by atoms with Crippen LogP contribution in [0.2, 0.25) is 35.2 Å². The molecule has 0 aliphatic carbocycles. The summed E-state index contributed by atoms with van der Waals surface area (Å²) in [5.41, 5.74) is 20.8. The van der Waals surface area contributed by atoms with E-state index in [9.17, 15) is 33.9 Å². The number of nitrogens with one attached hydrogen (secondary N) is 1. The molecule has 0 unspecified atom stereocenters. The lowest BCUT2D eigenvalue weighted by molar-refractivity contribution is -0.139. The molecule has 0 amide bonds. The average Bonchev–Trinajstić information content (AvgIpc) is 1.65. The number of aldehydes is 1. The lowest BCUT2D eigenvalue weighted by atomic mass is 10.2. The molecule has 10 rings (SSSR count). The number of aromatic carboxylic acids is 1. The average molecular weight is 1740 g/mol. The zero-order valence-corrected chi connectivity index (χ0v) is 63.6. The van der Waals surface area contributed by atoms with E-state index in [1.165, 1.54) is 46.3 Å². The lowest BCUT2D eigenvalue weighted by Crippen LogP contribution is -2.06. The number of esters is 4. The Balaban J connectivity index is 0.000000245. The summed E-state index contributed by atoms with van der Waals surface area (Å²) in [6, 6.07) is 40.8. The van der Waals surface area contributed by atoms with Gasteiger partial charge in [-0.25, -0.2) is 19.2 Å². The molecule has 3 heterocycles. The van der Waals surface area contributed by atoms with Crippen LogP contribution in [0.15, 0.2) is 188 Å². The largest absolute Gasteiger partial charge is 0.477 e. The number of carbonyl (C=O) groups excluding carboxylic acids is 5. The number of carboxylic acids is 1. The van der Waals surface area contributed by atoms with E-state index in [4.69, 9.17) is 97.0 Å². The fourth-order valence-corrected chi connectivity index (χ4v) is 12.6. The predicted molar refractivity (Wildman–Crippen MR) is 397 cm³/mol. The number of aromatic amines is 1. The number of rotatable bonds is 11. The molecule has 10 aromatic rings. The number of fused-ring (bicyclic) bond motifs is 3. The molecule has 0 fully saturated rings. The van der Waals surface area contributed by atoms with Crippen molar-refractivity contribution < 1.29 is 52.8 Å². The van der Waals surface area contributed by atoms with Crippen LogP contribution < -0.4 is 0 Å². The van der Waals surface area contributed by atoms with E-state index < -0.39 is 23.9 Å². The zero-order chi connectivity index (χ0) is 71.5. The number of carbonyl (C=O) groups is 6. The van der Waals surface area contributed by atoms with Gasteiger partial charge in [-0.05, 0) is 156 Å². The molecule has 0 aliphatic heterocycles. The number of benzene rings is 7. The Morgan fingerprint density at radius 1 is 0.573 bits per heavy atom. The van der Waals surface area contributed by atoms with Crippen molar-refractivity contribution in [1.29, 1.82) is 0 Å². The Hall–Kier alpha value is -6.81. The van der Waals surface area contributed by atoms with Gasteiger partial charge in [0.15, 0.2) is 6.29 Å². The van der Waals surface area contributed by atoms with Gasteiger partial charge in [0.1, 0.15) is 29.3 Å². The zero-order valence-electron chi connectivity index (χ0n) is 50.3. The van der Waals surface area contributed by atoms with E-state index in [1.54, 1.807) is 102 Å². The van der Waals surface area contributed by atoms with Gasteiger partial charge in [0.2, 0.25) is 0 Å². The Labute approximate surface area is 626 Å². The molecule has 0 radical (unpaired) electrons. The number of ether oxygens (including phenoxy) is 4. The van der Waals surface area contributed by atoms with Crippen molar-refractivity contribution in [2.75, 3.05) is 35.0 Å². The third kappa shape index (κ3) is 25.2. The molecule has 0 atom stereocenters. The molecule has 0 aliphatic rings. The maximum absolute atomic E-state index is 11.5. The first-order valence-corrected chi connectivity index (χ1v) is 33.4. The van der Waals surface area contributed by atoms with Gasteiger partial charge >= 0.3 is 29.8 Å². The predicted octanol–water partition coefficient (Wildman–Crippen LogP) is 22.0. The molecule has 2 N–H and O–H groups in total. The van der Waals surface area contributed by atoms with Crippen LogP contribution >= 0.6 is 169 Å². The topological polar surface area (TPSA) is 283 Å². The molecular formula is C63H48Br4Cl7N9O11S2. The summed E-state index contributed by atoms with van der Waals surface area (Å²) in [5, 5.41) is 22.6. The second-order valence-corrected chi connectivity index (χ2v) is 26.4. The number of hydrogen-bond acceptors (Lipinski definition) is 14. The van der Waals surface area contributed by atoms with E-state index in [-0.39, 0.29) is 23.9 Å². The Kier molecular flexibility index (Phi) is 34.7. The van der Waals surface area contributed by atoms with Crippen LogP contribution in [0, 0.1) is 0 Å². The number of hydrogen-bond donors (Lipinski definition) is 3. The van der Waals surface area contributed by atoms with Crippen molar-refractivity contribution in [1.82, 2.24) is 14.1 Å². The molecule has 33 heteroatoms. The van der Waals surface area contributed by atoms with Gasteiger partial charge in [-0.1, -0.05) is 173 Å². The van der Waals surface area contributed by atoms with Crippen LogP contribution in [0.3, 0.4) is 0 Å². The Bertz CT molecular complexity index is 4590. The molecule has 0 saturated carbocycles. The van der Waals surface area contributed by atoms with E-state index in [0.717, 1.165) is 72.1 Å². The van der Waals surface area contributed by atoms with E-state index >= 15 is 0 Å². The second-order valence-electron chi connectivity index (χ2n) is 18.3. The van der Waals surface area contributed by atoms with Crippen LogP contribution in [-0.4, -0.2) is 90.3 Å². The molecule has 3 aromatic heterocycles. The number of nitrogens with zero attached hydrogens (tertiary/aromatic N) is 8. The summed E-state index contributed by atoms with van der Waals surface area (Å²) < 4.78 is 24.5. The van der Waals surface area contributed by atoms with Gasteiger partial charge in [0, 0.05) is 119 Å². The summed E-state index contributed by atoms with van der Waals surface area (Å²) in [5.74, 6) is -2.94. The summed E-state index contributed by atoms with van der Waals surface area (Å²) in [6.45, 7) is -0.229. The van der Waals surface area contributed by atoms with Crippen molar-refractivity contribution >= 4 is 244 Å². The number of aryl methyl sites for hydroxylation is 2. The third-order valence-electron chi connectivity index (χ3n) is 12.1. The van der Waals surface area contributed by atoms with Crippen LogP contribution in [0.4, 0.5) is 0 Å². The standard InChI is InChI=1S/C16H11Cl2NO2S.C11H9BrClNO2.C10H7BrClN3O2.C10H7BrClNO2.C7H4BrClO.C6H5ClS.C3H5N3O2/c1-19-13-6-10(18)7-15(12(13)8-14(19)16(20)21)22-11-4-2-9(17)3-5-11;1-14-9-4-6(13)3-8(12)7(9)5-10(14)11(15)16-2;1-17-10(16)9(14-15-13)4-6-2-3-7(12)5-8(6)11;1-15-10(14)9-4-6-7(11)2-5(12)3-8(6)13-9;8-7-3-6(9)2-1-5(7)4-10;7-5-1-3-6(8)4-2-5;1-8-3(7)2-5-6-4/h2-8H,1H3,(H,20,21);3-5H,1-2H3;2-5H,1H3;2-4,13H,1H3;1-4H;1-4,8H;2H2,1H3/b;;9-4-;;;;. The molecule has 20 nitrogen and oxygen atoms in total. The Morgan fingerprint density at radius 2 is 1.06 bits per heavy atom. The van der Waals surface area contributed by atoms with Crippen molar-refractivity contribution in [2.24, 2.45) is 24.3 Å². The fraction of sp³-hybridized carbons (Fsp3) is 0.111. The smallest absolute Gasteiger partial charge is 0.354 e. The van der Waals surface area contributed by atoms with Crippen molar-refractivity contribution in [3.8, 4) is 0 Å². The maximum atomic E-state index is 11.5. The summed E-state index contributed by atoms with van der Waals surface area (Å²) >= 11 is 59.8. The van der Waals surface area contributed by atoms with E-state index in [2.05, 4.69) is 116 Å². The fourth-order valence-electron chi connectivity index (χ4n) is 7.56. The minimum atomic E-state index is -0.961. The van der Waals surface area contributed by atoms with Gasteiger partial charge in [-0.15, -0.1) is 12.6 Å². The second kappa shape index (κ2) is 40.8. The van der Waals surface area contributed by atoms with E-state index in [1.807, 2.05) is 60.7 Å². The maximum Gasteiger partial charge on any atom is 0.354 e. The van der Waals surface area contributed by atoms with Gasteiger partial charge in [-0.3, -0.25) is 9.59 Å². The quantitative estimate of drug-likeness (QED) is 0.0159. The van der Waals surface area contributed by atoms with Crippen molar-refractivity contribution in [2.45, 2.75) is 14.7 Å². The van der Waals surface area contributed by atoms with Crippen LogP contribution in [0.25, 0.3) is 59.7 Å². The first-order chi connectivity index (χ1) is 45.5. The summed E-state index contributed by atoms with van der Waals surface area (Å²) in [6.07, 6.45) is 2.19. The minimum Gasteiger partial charge on any atom is -0.477 e. The molecule has 7 aromatic carbocycles. The third-order valence-corrected chi connectivity index (χ3v) is 17.8. The first-order valence-electron chi connectivity index (χ1n) is 26.3. The number of H-pyrrole nitrogens is 1. The normalized spacial score (nSPS) is 10.2. The van der Waals surface area contributed by atoms with Gasteiger partial charge in [0.25, 0.3) is 0 Å². The minimum absolute atomic E-state index is 0.127. The Morgan fingerprint density at radius 3 is 1.56 bits per heavy atom. The van der Waals surface area contributed by atoms with Gasteiger partial charge in [0.05, 0.1) is 39.5 Å². The molecule has 96 heavy (non-hydrogen) atoms. The SMILES string of the molecule is COC(=O)/C(=C/c1ccc(Cl)cc1Br)N=[N+]=[N-].COC(=O)CN=[N+]=[N-].COC(=O)c1cc2c(Br)cc(Cl)cc2[nH]1.COC(=O)c1cc2c(Br)cc(Cl)cc2n1C.Cn1c(C(=O)O)cc2c(Sc3ccc(Cl)cc3)cc(Cl)cc21.O=Cc1ccc(Cl)cc1Br.Sc1ccc(Cl)cc1. The van der Waals surface area contributed by atoms with Crippen LogP contribution in [-0.2, 0) is 42.6 Å². The highest BCUT2D eigenvalue weighted by Crippen LogP contribution is 2.38. The first kappa shape index (κ1) is 81.6. The number of halogens is 11. The van der Waals surface area contributed by atoms with Crippen molar-refractivity contribution in [3.63, 3.8) is 0 Å². The highest BCUT2D eigenvalue weighted by Gasteiger charge is 2.18. The van der Waals surface area contributed by atoms with Gasteiger partial charge < -0.3 is 38.2 Å². The monoisotopic (exact) mass is 1730 g/mol.